The van der Waals surface area contributed by atoms with Gasteiger partial charge in [-0.05, 0) is 0 Å². The summed E-state index contributed by atoms with van der Waals surface area (Å²) < 4.78 is 173. The van der Waals surface area contributed by atoms with E-state index in [0.717, 1.165) is 0 Å². The molecule has 190 valence electrons. The molecule has 16 heteroatoms. The lowest BCUT2D eigenvalue weighted by molar-refractivity contribution is -0.387. The first-order valence-corrected chi connectivity index (χ1v) is 8.21. The molecule has 0 unspecified atom stereocenters. The minimum atomic E-state index is -6.88. The number of esters is 2. The maximum absolute atomic E-state index is 13.8. The highest BCUT2D eigenvalue weighted by atomic mass is 19.4. The maximum atomic E-state index is 13.8. The van der Waals surface area contributed by atoms with Gasteiger partial charge in [0.15, 0.2) is 0 Å². The van der Waals surface area contributed by atoms with E-state index < -0.39 is 71.1 Å². The number of benzene rings is 1. The van der Waals surface area contributed by atoms with Gasteiger partial charge in [0.1, 0.15) is 0 Å². The van der Waals surface area contributed by atoms with Gasteiger partial charge in [-0.1, -0.05) is 37.4 Å². The van der Waals surface area contributed by atoms with E-state index in [1.54, 1.807) is 0 Å². The highest BCUT2D eigenvalue weighted by molar-refractivity contribution is 5.82. The Morgan fingerprint density at radius 3 is 1.00 bits per heavy atom. The van der Waals surface area contributed by atoms with E-state index in [-0.39, 0.29) is 24.3 Å². The van der Waals surface area contributed by atoms with Gasteiger partial charge in [0.2, 0.25) is 0 Å². The van der Waals surface area contributed by atoms with Crippen molar-refractivity contribution in [2.24, 2.45) is 0 Å². The molecule has 0 saturated carbocycles. The molecule has 0 atom stereocenters. The fourth-order valence-electron chi connectivity index (χ4n) is 2.76. The Hall–Kier alpha value is -3.20. The Labute approximate surface area is 181 Å². The number of carbonyl (C=O) groups is 2. The molecule has 0 aromatic heterocycles. The number of alkyl halides is 12. The molecular weight excluding hydrogens is 508 g/mol. The summed E-state index contributed by atoms with van der Waals surface area (Å²) in [6.07, 6.45) is -28.0. The first-order valence-electron chi connectivity index (χ1n) is 8.21. The van der Waals surface area contributed by atoms with Gasteiger partial charge < -0.3 is 9.47 Å². The van der Waals surface area contributed by atoms with Crippen LogP contribution >= 0.6 is 0 Å². The lowest BCUT2D eigenvalue weighted by Gasteiger charge is -2.42. The van der Waals surface area contributed by atoms with Crippen molar-refractivity contribution in [3.8, 4) is 0 Å². The SMILES string of the molecule is C=CC(=O)OC(c1ccccc1C(OC(=O)C=C)(C(F)(F)F)C(F)(F)F)(C(F)(F)F)C(F)(F)F. The van der Waals surface area contributed by atoms with Crippen LogP contribution in [0, 0.1) is 0 Å². The van der Waals surface area contributed by atoms with Gasteiger partial charge in [-0.3, -0.25) is 0 Å². The largest absolute Gasteiger partial charge is 0.442 e. The zero-order valence-electron chi connectivity index (χ0n) is 16.0. The van der Waals surface area contributed by atoms with E-state index in [9.17, 15) is 62.3 Å². The smallest absolute Gasteiger partial charge is 0.431 e. The Balaban J connectivity index is 4.43. The first kappa shape index (κ1) is 28.8. The first-order chi connectivity index (χ1) is 15.1. The number of hydrogen-bond donors (Lipinski definition) is 0. The van der Waals surface area contributed by atoms with E-state index in [1.807, 2.05) is 0 Å². The third-order valence-electron chi connectivity index (χ3n) is 4.12. The van der Waals surface area contributed by atoms with E-state index in [2.05, 4.69) is 22.6 Å². The molecule has 0 aliphatic carbocycles. The van der Waals surface area contributed by atoms with Crippen LogP contribution in [0.2, 0.25) is 0 Å². The topological polar surface area (TPSA) is 52.6 Å². The van der Waals surface area contributed by atoms with E-state index in [0.29, 0.717) is 0 Å². The summed E-state index contributed by atoms with van der Waals surface area (Å²) >= 11 is 0. The van der Waals surface area contributed by atoms with Crippen molar-refractivity contribution in [2.75, 3.05) is 0 Å². The Kier molecular flexibility index (Phi) is 7.52. The molecule has 0 aliphatic rings. The van der Waals surface area contributed by atoms with Gasteiger partial charge in [-0.2, -0.15) is 52.7 Å². The quantitative estimate of drug-likeness (QED) is 0.272. The van der Waals surface area contributed by atoms with Crippen LogP contribution in [0.4, 0.5) is 52.7 Å². The monoisotopic (exact) mass is 518 g/mol. The summed E-state index contributed by atoms with van der Waals surface area (Å²) in [5, 5.41) is 0. The summed E-state index contributed by atoms with van der Waals surface area (Å²) in [5.41, 5.74) is -17.9. The Bertz CT molecular complexity index is 848. The average molecular weight is 518 g/mol. The van der Waals surface area contributed by atoms with Gasteiger partial charge in [0.05, 0.1) is 0 Å². The third kappa shape index (κ3) is 4.57. The molecule has 0 saturated heterocycles. The van der Waals surface area contributed by atoms with Crippen molar-refractivity contribution in [3.63, 3.8) is 0 Å². The fraction of sp³-hybridized carbons (Fsp3) is 0.333. The van der Waals surface area contributed by atoms with Gasteiger partial charge in [-0.25, -0.2) is 9.59 Å². The second-order valence-corrected chi connectivity index (χ2v) is 6.15. The highest BCUT2D eigenvalue weighted by Crippen LogP contribution is 2.59. The normalized spacial score (nSPS) is 13.8. The van der Waals surface area contributed by atoms with Crippen LogP contribution in [0.25, 0.3) is 0 Å². The molecule has 0 radical (unpaired) electrons. The molecular formula is C18H10F12O4. The van der Waals surface area contributed by atoms with Crippen LogP contribution < -0.4 is 0 Å². The van der Waals surface area contributed by atoms with Crippen molar-refractivity contribution in [1.29, 1.82) is 0 Å². The minimum Gasteiger partial charge on any atom is -0.431 e. The second kappa shape index (κ2) is 8.87. The van der Waals surface area contributed by atoms with Crippen LogP contribution in [0.3, 0.4) is 0 Å². The minimum absolute atomic E-state index is 0.208. The Morgan fingerprint density at radius 1 is 0.588 bits per heavy atom. The van der Waals surface area contributed by atoms with Gasteiger partial charge >= 0.3 is 47.8 Å². The molecule has 0 spiro atoms. The summed E-state index contributed by atoms with van der Waals surface area (Å²) in [7, 11) is 0. The number of hydrogen-bond acceptors (Lipinski definition) is 4. The average Bonchev–Trinajstić information content (AvgIpc) is 2.66. The molecule has 1 aromatic rings. The van der Waals surface area contributed by atoms with Crippen molar-refractivity contribution in [2.45, 2.75) is 35.9 Å². The van der Waals surface area contributed by atoms with Crippen LogP contribution in [-0.2, 0) is 30.3 Å². The lowest BCUT2D eigenvalue weighted by Crippen LogP contribution is -2.61. The fourth-order valence-corrected chi connectivity index (χ4v) is 2.76. The van der Waals surface area contributed by atoms with Gasteiger partial charge in [-0.15, -0.1) is 0 Å². The molecule has 0 N–H and O–H groups in total. The second-order valence-electron chi connectivity index (χ2n) is 6.15. The van der Waals surface area contributed by atoms with Crippen molar-refractivity contribution in [3.05, 3.63) is 60.7 Å². The number of halogens is 12. The molecule has 0 amide bonds. The molecule has 0 fully saturated rings. The number of rotatable bonds is 6. The molecule has 0 aliphatic heterocycles. The molecule has 34 heavy (non-hydrogen) atoms. The summed E-state index contributed by atoms with van der Waals surface area (Å²) in [5.74, 6) is -5.01. The van der Waals surface area contributed by atoms with E-state index >= 15 is 0 Å². The van der Waals surface area contributed by atoms with Gasteiger partial charge in [0.25, 0.3) is 0 Å². The highest BCUT2D eigenvalue weighted by Gasteiger charge is 2.81. The maximum Gasteiger partial charge on any atom is 0.442 e. The standard InChI is InChI=1S/C18H10F12O4/c1-3-11(31)33-13(15(19,20)21,16(22,23)24)9-7-5-6-8-10(9)14(17(25,26)27,18(28,29)30)34-12(32)4-2/h3-8H,1-2H2. The van der Waals surface area contributed by atoms with E-state index in [4.69, 9.17) is 0 Å². The van der Waals surface area contributed by atoms with Gasteiger partial charge in [0, 0.05) is 23.3 Å². The number of carbonyl (C=O) groups excluding carboxylic acids is 2. The molecule has 1 rings (SSSR count). The summed E-state index contributed by atoms with van der Waals surface area (Å²) in [4.78, 5) is 22.8. The third-order valence-corrected chi connectivity index (χ3v) is 4.12. The molecule has 0 heterocycles. The predicted molar refractivity (Wildman–Crippen MR) is 86.6 cm³/mol. The van der Waals surface area contributed by atoms with Crippen LogP contribution in [0.15, 0.2) is 49.6 Å². The van der Waals surface area contributed by atoms with Crippen molar-refractivity contribution >= 4 is 11.9 Å². The van der Waals surface area contributed by atoms with E-state index in [1.165, 1.54) is 0 Å². The predicted octanol–water partition coefficient (Wildman–Crippen LogP) is 5.78. The molecule has 1 aromatic carbocycles. The van der Waals surface area contributed by atoms with Crippen LogP contribution in [-0.4, -0.2) is 36.6 Å². The number of ether oxygens (including phenoxy) is 2. The lowest BCUT2D eigenvalue weighted by atomic mass is 9.79. The summed E-state index contributed by atoms with van der Waals surface area (Å²) in [6.45, 7) is 5.11. The van der Waals surface area contributed by atoms with Crippen LogP contribution in [0.1, 0.15) is 11.1 Å². The zero-order chi connectivity index (χ0) is 27.0. The van der Waals surface area contributed by atoms with Crippen LogP contribution in [0.5, 0.6) is 0 Å². The van der Waals surface area contributed by atoms with Crippen molar-refractivity contribution < 1.29 is 71.7 Å². The Morgan fingerprint density at radius 2 is 0.824 bits per heavy atom. The van der Waals surface area contributed by atoms with Crippen molar-refractivity contribution in [1.82, 2.24) is 0 Å². The molecule has 0 bridgehead atoms. The zero-order valence-corrected chi connectivity index (χ0v) is 16.0. The summed E-state index contributed by atoms with van der Waals surface area (Å²) in [6, 6.07) is -0.472. The molecule has 4 nitrogen and oxygen atoms in total.